The maximum Gasteiger partial charge on any atom is 0.198 e. The molecular weight excluding hydrogens is 979 g/mol. The molecule has 0 unspecified atom stereocenters. The van der Waals surface area contributed by atoms with Crippen molar-refractivity contribution in [3.05, 3.63) is 235 Å². The lowest BCUT2D eigenvalue weighted by atomic mass is 9.81. The largest absolute Gasteiger partial charge is 0.508 e. The molecule has 0 fully saturated rings. The summed E-state index contributed by atoms with van der Waals surface area (Å²) in [6.07, 6.45) is 0. The summed E-state index contributed by atoms with van der Waals surface area (Å²) in [6.45, 7) is 0. The predicted octanol–water partition coefficient (Wildman–Crippen LogP) is 11.0. The molecule has 0 aliphatic heterocycles. The Kier molecular flexibility index (Phi) is 17.2. The van der Waals surface area contributed by atoms with Gasteiger partial charge < -0.3 is 78.0 Å². The fourth-order valence-electron chi connectivity index (χ4n) is 8.11. The second kappa shape index (κ2) is 24.6. The molecule has 24 N–H and O–H groups in total. The monoisotopic (exact) mass is 1040 g/mol. The van der Waals surface area contributed by atoms with Crippen LogP contribution in [0.15, 0.2) is 212 Å². The van der Waals surface area contributed by atoms with Crippen molar-refractivity contribution in [1.29, 1.82) is 0 Å². The van der Waals surface area contributed by atoms with Crippen LogP contribution < -0.4 is 62.7 Å². The number of fused-ring (bicyclic) bond motifs is 5. The third-order valence-corrected chi connectivity index (χ3v) is 12.1. The molecule has 0 amide bonds. The van der Waals surface area contributed by atoms with Crippen molar-refractivity contribution in [2.75, 3.05) is 62.7 Å². The smallest absolute Gasteiger partial charge is 0.198 e. The minimum absolute atomic E-state index is 0.0970. The second-order valence-corrected chi connectivity index (χ2v) is 17.6. The molecule has 11 aromatic rings. The number of carbonyl (C=O) groups is 2. The quantitative estimate of drug-likeness (QED) is 0.0565. The third kappa shape index (κ3) is 13.1. The van der Waals surface area contributed by atoms with E-state index in [1.807, 2.05) is 140 Å². The number of benzene rings is 11. The first-order chi connectivity index (χ1) is 37.4. The van der Waals surface area contributed by atoms with Crippen LogP contribution in [0.4, 0.5) is 68.2 Å². The highest BCUT2D eigenvalue weighted by Gasteiger charge is 2.35. The fourth-order valence-corrected chi connectivity index (χ4v) is 8.11. The normalized spacial score (nSPS) is 10.8. The van der Waals surface area contributed by atoms with Gasteiger partial charge in [-0.25, -0.2) is 0 Å². The van der Waals surface area contributed by atoms with Crippen molar-refractivity contribution in [3.8, 4) is 17.2 Å². The van der Waals surface area contributed by atoms with Gasteiger partial charge in [0.25, 0.3) is 0 Å². The minimum atomic E-state index is -0.427. The highest BCUT2D eigenvalue weighted by atomic mass is 16.3. The fraction of sp³-hybridized carbons (Fsp3) is 0. The summed E-state index contributed by atoms with van der Waals surface area (Å²) < 4.78 is 0. The molecule has 0 aromatic heterocycles. The van der Waals surface area contributed by atoms with E-state index in [-0.39, 0.29) is 62.3 Å². The van der Waals surface area contributed by atoms with Gasteiger partial charge in [-0.1, -0.05) is 103 Å². The molecule has 0 saturated heterocycles. The zero-order valence-electron chi connectivity index (χ0n) is 42.1. The Bertz CT molecular complexity index is 3670. The van der Waals surface area contributed by atoms with E-state index < -0.39 is 11.6 Å². The molecule has 11 aromatic carbocycles. The van der Waals surface area contributed by atoms with Gasteiger partial charge in [0.15, 0.2) is 11.6 Å². The van der Waals surface area contributed by atoms with Gasteiger partial charge in [-0.15, -0.1) is 0 Å². The van der Waals surface area contributed by atoms with Crippen LogP contribution in [0, 0.1) is 0 Å². The number of nitrogens with two attached hydrogens (primary N) is 10. The Labute approximate surface area is 449 Å². The zero-order chi connectivity index (χ0) is 56.0. The molecule has 16 heteroatoms. The third-order valence-electron chi connectivity index (χ3n) is 12.1. The molecule has 1 aliphatic rings. The van der Waals surface area contributed by atoms with Crippen molar-refractivity contribution in [2.24, 2.45) is 0 Å². The van der Waals surface area contributed by atoms with Crippen molar-refractivity contribution in [1.82, 2.24) is 0 Å². The molecule has 0 bridgehead atoms. The van der Waals surface area contributed by atoms with Gasteiger partial charge in [-0.3, -0.25) is 9.59 Å². The Hall–Kier alpha value is -11.3. The van der Waals surface area contributed by atoms with Crippen molar-refractivity contribution < 1.29 is 24.9 Å². The highest BCUT2D eigenvalue weighted by molar-refractivity contribution is 6.34. The van der Waals surface area contributed by atoms with Crippen LogP contribution in [0.25, 0.3) is 32.3 Å². The maximum atomic E-state index is 12.6. The van der Waals surface area contributed by atoms with Crippen LogP contribution in [-0.4, -0.2) is 26.9 Å². The lowest BCUT2D eigenvalue weighted by Crippen LogP contribution is -2.26. The Morgan fingerprint density at radius 3 is 1.27 bits per heavy atom. The van der Waals surface area contributed by atoms with Crippen molar-refractivity contribution >= 4 is 112 Å². The lowest BCUT2D eigenvalue weighted by Gasteiger charge is -2.22. The maximum absolute atomic E-state index is 12.6. The molecule has 0 heterocycles. The van der Waals surface area contributed by atoms with Crippen LogP contribution in [0.5, 0.6) is 17.2 Å². The summed E-state index contributed by atoms with van der Waals surface area (Å²) in [5, 5.41) is 37.0. The second-order valence-electron chi connectivity index (χ2n) is 17.6. The number of hydrogen-bond donors (Lipinski definition) is 14. The number of nitrogens with one attached hydrogen (secondary N) is 1. The average Bonchev–Trinajstić information content (AvgIpc) is 3.44. The summed E-state index contributed by atoms with van der Waals surface area (Å²) in [5.74, 6) is -0.144. The van der Waals surface area contributed by atoms with Crippen LogP contribution in [-0.2, 0) is 0 Å². The molecule has 78 heavy (non-hydrogen) atoms. The molecular formula is C62H59N11O5. The van der Waals surface area contributed by atoms with Gasteiger partial charge >= 0.3 is 0 Å². The van der Waals surface area contributed by atoms with E-state index >= 15 is 0 Å². The summed E-state index contributed by atoms with van der Waals surface area (Å²) in [6, 6.07) is 63.8. The van der Waals surface area contributed by atoms with E-state index in [0.717, 1.165) is 55.1 Å². The minimum Gasteiger partial charge on any atom is -0.508 e. The number of nitrogen functional groups attached to an aromatic ring is 10. The molecule has 392 valence electrons. The Balaban J connectivity index is 0.000000138. The van der Waals surface area contributed by atoms with Gasteiger partial charge in [0.1, 0.15) is 17.2 Å². The highest BCUT2D eigenvalue weighted by Crippen LogP contribution is 2.39. The number of hydrogen-bond acceptors (Lipinski definition) is 16. The SMILES string of the molecule is Nc1cc2ccccc2cc1O.Nc1ccc(N)c2c1C(=O)c1c(N)ccc(N)c1C2=O.Nc1ccc2cc(O)ccc2c1.Nc1cccc2c(O)cccc12.Nc1ccccc1N.Nc1ccccc1Nc1ccccc1. The lowest BCUT2D eigenvalue weighted by molar-refractivity contribution is 0.0981. The molecule has 0 atom stereocenters. The molecule has 0 radical (unpaired) electrons. The molecule has 16 nitrogen and oxygen atoms in total. The first-order valence-electron chi connectivity index (χ1n) is 24.0. The predicted molar refractivity (Wildman–Crippen MR) is 323 cm³/mol. The number of carbonyl (C=O) groups excluding carboxylic acids is 2. The summed E-state index contributed by atoms with van der Waals surface area (Å²) in [7, 11) is 0. The van der Waals surface area contributed by atoms with Gasteiger partial charge in [0.2, 0.25) is 0 Å². The van der Waals surface area contributed by atoms with E-state index in [9.17, 15) is 19.8 Å². The van der Waals surface area contributed by atoms with Gasteiger partial charge in [0.05, 0.1) is 50.7 Å². The van der Waals surface area contributed by atoms with Crippen LogP contribution in [0.2, 0.25) is 0 Å². The average molecular weight is 1040 g/mol. The van der Waals surface area contributed by atoms with Gasteiger partial charge in [-0.05, 0) is 131 Å². The van der Waals surface area contributed by atoms with E-state index in [0.29, 0.717) is 22.7 Å². The van der Waals surface area contributed by atoms with Crippen LogP contribution in [0.1, 0.15) is 31.8 Å². The summed E-state index contributed by atoms with van der Waals surface area (Å²) >= 11 is 0. The summed E-state index contributed by atoms with van der Waals surface area (Å²) in [5.41, 5.74) is 63.7. The molecule has 12 rings (SSSR count). The molecule has 1 aliphatic carbocycles. The topological polar surface area (TPSA) is 367 Å². The Morgan fingerprint density at radius 2 is 0.731 bits per heavy atom. The Morgan fingerprint density at radius 1 is 0.295 bits per heavy atom. The summed E-state index contributed by atoms with van der Waals surface area (Å²) in [4.78, 5) is 25.2. The number of anilines is 12. The number of ketones is 2. The zero-order valence-corrected chi connectivity index (χ0v) is 42.1. The first-order valence-corrected chi connectivity index (χ1v) is 24.0. The van der Waals surface area contributed by atoms with Gasteiger partial charge in [0, 0.05) is 50.6 Å². The number of aromatic hydroxyl groups is 3. The van der Waals surface area contributed by atoms with E-state index in [1.165, 1.54) is 24.3 Å². The van der Waals surface area contributed by atoms with E-state index in [1.54, 1.807) is 48.5 Å². The van der Waals surface area contributed by atoms with Crippen molar-refractivity contribution in [2.45, 2.75) is 0 Å². The number of rotatable bonds is 2. The number of phenols is 3. The first kappa shape index (κ1) is 54.5. The van der Waals surface area contributed by atoms with Crippen molar-refractivity contribution in [3.63, 3.8) is 0 Å². The number of para-hydroxylation sites is 5. The van der Waals surface area contributed by atoms with Gasteiger partial charge in [-0.2, -0.15) is 0 Å². The number of phenolic OH excluding ortho intramolecular Hbond substituents is 3. The molecule has 0 spiro atoms. The van der Waals surface area contributed by atoms with E-state index in [4.69, 9.17) is 62.4 Å². The standard InChI is InChI=1S/C14H12N4O2.C12H12N2.3C10H9NO.C6H8N2/c15-5-1-2-6(16)10-9(5)13(19)11-7(17)3-4-8(18)12(11)14(10)20;13-11-8-4-5-9-12(11)14-10-6-2-1-3-7-10;11-9-5-1-4-8-7(9)3-2-6-10(8)12;11-9-3-1-8-6-10(12)4-2-7(8)5-9;11-9-5-7-3-1-2-4-8(7)6-10(9)12;7-5-3-1-2-4-6(5)8/h1-4H,15-18H2;1-9,14H,13H2;3*1-6,12H,11H2;1-4H,7-8H2. The van der Waals surface area contributed by atoms with E-state index in [2.05, 4.69) is 5.32 Å². The molecule has 0 saturated carbocycles. The van der Waals surface area contributed by atoms with Crippen LogP contribution in [0.3, 0.4) is 0 Å². The van der Waals surface area contributed by atoms with Crippen LogP contribution >= 0.6 is 0 Å².